The topological polar surface area (TPSA) is 87.0 Å². The molecule has 23 heavy (non-hydrogen) atoms. The van der Waals surface area contributed by atoms with E-state index in [-0.39, 0.29) is 24.0 Å². The summed E-state index contributed by atoms with van der Waals surface area (Å²) in [6.45, 7) is 5.82. The van der Waals surface area contributed by atoms with Crippen molar-refractivity contribution < 1.29 is 24.9 Å². The van der Waals surface area contributed by atoms with Gasteiger partial charge in [-0.2, -0.15) is 0 Å². The van der Waals surface area contributed by atoms with Gasteiger partial charge in [0.15, 0.2) is 0 Å². The minimum atomic E-state index is -0.950. The van der Waals surface area contributed by atoms with Crippen molar-refractivity contribution in [3.05, 3.63) is 34.9 Å². The van der Waals surface area contributed by atoms with Crippen molar-refractivity contribution in [1.29, 1.82) is 0 Å². The van der Waals surface area contributed by atoms with E-state index >= 15 is 0 Å². The van der Waals surface area contributed by atoms with Crippen LogP contribution in [0.3, 0.4) is 0 Å². The summed E-state index contributed by atoms with van der Waals surface area (Å²) in [5.74, 6) is -0.354. The second-order valence-electron chi connectivity index (χ2n) is 7.10. The van der Waals surface area contributed by atoms with Gasteiger partial charge >= 0.3 is 5.97 Å². The summed E-state index contributed by atoms with van der Waals surface area (Å²) in [7, 11) is 0. The minimum Gasteiger partial charge on any atom is -0.507 e. The van der Waals surface area contributed by atoms with E-state index in [0.29, 0.717) is 23.3 Å². The zero-order chi connectivity index (χ0) is 16.9. The molecule has 3 atom stereocenters. The van der Waals surface area contributed by atoms with Crippen molar-refractivity contribution in [2.75, 3.05) is 0 Å². The van der Waals surface area contributed by atoms with Gasteiger partial charge in [0.25, 0.3) is 0 Å². The maximum absolute atomic E-state index is 10.9. The van der Waals surface area contributed by atoms with Crippen molar-refractivity contribution in [3.8, 4) is 11.5 Å². The van der Waals surface area contributed by atoms with Crippen LogP contribution in [0.1, 0.15) is 44.2 Å². The highest BCUT2D eigenvalue weighted by Gasteiger charge is 2.47. The molecule has 5 heteroatoms. The standard InChI is InChI=1S/C18H22O5/c1-9-4-11-12(8-13(9)19)18(2,3)23-15-6-10(7-16(21)22)5-14(20)17(11)15/h4-6,11-13,19-20H,7-8H2,1-3H3,(H,21,22)/t11?,12?,13-/m1/s1. The zero-order valence-corrected chi connectivity index (χ0v) is 13.5. The number of carbonyl (C=O) groups is 1. The Morgan fingerprint density at radius 2 is 2.09 bits per heavy atom. The number of aliphatic carboxylic acids is 1. The van der Waals surface area contributed by atoms with Crippen LogP contribution in [0.5, 0.6) is 11.5 Å². The lowest BCUT2D eigenvalue weighted by Gasteiger charge is -2.47. The number of phenolic OH excluding ortho intramolecular Hbond substituents is 1. The Kier molecular flexibility index (Phi) is 3.64. The molecular weight excluding hydrogens is 296 g/mol. The van der Waals surface area contributed by atoms with E-state index in [1.165, 1.54) is 6.07 Å². The van der Waals surface area contributed by atoms with E-state index in [1.54, 1.807) is 6.07 Å². The number of carboxylic acid groups (broad SMARTS) is 1. The van der Waals surface area contributed by atoms with Crippen molar-refractivity contribution in [2.24, 2.45) is 5.92 Å². The number of aromatic hydroxyl groups is 1. The summed E-state index contributed by atoms with van der Waals surface area (Å²) in [4.78, 5) is 10.9. The van der Waals surface area contributed by atoms with Crippen LogP contribution in [0.15, 0.2) is 23.8 Å². The molecule has 0 bridgehead atoms. The number of aliphatic hydroxyl groups excluding tert-OH is 1. The second kappa shape index (κ2) is 5.27. The van der Waals surface area contributed by atoms with Gasteiger partial charge in [-0.15, -0.1) is 0 Å². The third kappa shape index (κ3) is 2.70. The van der Waals surface area contributed by atoms with Crippen LogP contribution < -0.4 is 4.74 Å². The molecule has 1 heterocycles. The van der Waals surface area contributed by atoms with E-state index in [9.17, 15) is 15.0 Å². The average Bonchev–Trinajstić information content (AvgIpc) is 2.39. The van der Waals surface area contributed by atoms with Gasteiger partial charge in [-0.25, -0.2) is 0 Å². The molecule has 1 aliphatic carbocycles. The number of phenols is 1. The summed E-state index contributed by atoms with van der Waals surface area (Å²) >= 11 is 0. The van der Waals surface area contributed by atoms with E-state index in [0.717, 1.165) is 5.57 Å². The van der Waals surface area contributed by atoms with Gasteiger partial charge in [0, 0.05) is 17.4 Å². The van der Waals surface area contributed by atoms with Crippen molar-refractivity contribution in [1.82, 2.24) is 0 Å². The van der Waals surface area contributed by atoms with Gasteiger partial charge in [-0.1, -0.05) is 6.08 Å². The predicted molar refractivity (Wildman–Crippen MR) is 84.8 cm³/mol. The predicted octanol–water partition coefficient (Wildman–Crippen LogP) is 2.60. The number of aliphatic hydroxyl groups is 1. The monoisotopic (exact) mass is 318 g/mol. The Hall–Kier alpha value is -2.01. The van der Waals surface area contributed by atoms with Crippen LogP contribution in [0.4, 0.5) is 0 Å². The number of hydrogen-bond acceptors (Lipinski definition) is 4. The molecule has 3 rings (SSSR count). The van der Waals surface area contributed by atoms with Gasteiger partial charge < -0.3 is 20.1 Å². The van der Waals surface area contributed by atoms with Crippen LogP contribution in [-0.2, 0) is 11.2 Å². The minimum absolute atomic E-state index is 0.0453. The molecule has 0 saturated heterocycles. The Morgan fingerprint density at radius 1 is 1.39 bits per heavy atom. The molecule has 1 aliphatic heterocycles. The number of hydrogen-bond donors (Lipinski definition) is 3. The fourth-order valence-corrected chi connectivity index (χ4v) is 3.81. The molecule has 0 fully saturated rings. The molecule has 0 amide bonds. The number of rotatable bonds is 2. The van der Waals surface area contributed by atoms with Crippen LogP contribution >= 0.6 is 0 Å². The first-order valence-corrected chi connectivity index (χ1v) is 7.82. The van der Waals surface area contributed by atoms with Gasteiger partial charge in [0.05, 0.1) is 12.5 Å². The van der Waals surface area contributed by atoms with Crippen molar-refractivity contribution in [2.45, 2.75) is 51.2 Å². The number of benzene rings is 1. The third-order valence-corrected chi connectivity index (χ3v) is 5.01. The van der Waals surface area contributed by atoms with Crippen LogP contribution in [0.25, 0.3) is 0 Å². The Balaban J connectivity index is 2.13. The van der Waals surface area contributed by atoms with Crippen molar-refractivity contribution in [3.63, 3.8) is 0 Å². The quantitative estimate of drug-likeness (QED) is 0.730. The molecule has 1 aromatic carbocycles. The third-order valence-electron chi connectivity index (χ3n) is 5.01. The molecule has 2 aliphatic rings. The molecule has 0 aromatic heterocycles. The summed E-state index contributed by atoms with van der Waals surface area (Å²) in [6.07, 6.45) is 1.93. The zero-order valence-electron chi connectivity index (χ0n) is 13.5. The highest BCUT2D eigenvalue weighted by Crippen LogP contribution is 2.53. The number of fused-ring (bicyclic) bond motifs is 3. The average molecular weight is 318 g/mol. The van der Waals surface area contributed by atoms with E-state index in [2.05, 4.69) is 0 Å². The number of carboxylic acids is 1. The molecule has 1 aromatic rings. The van der Waals surface area contributed by atoms with Gasteiger partial charge in [-0.05, 0) is 50.5 Å². The number of ether oxygens (including phenoxy) is 1. The molecular formula is C18H22O5. The SMILES string of the molecule is CC1=CC2c3c(O)cc(CC(=O)O)cc3OC(C)(C)C2C[C@H]1O. The van der Waals surface area contributed by atoms with Gasteiger partial charge in [0.2, 0.25) is 0 Å². The fraction of sp³-hybridized carbons (Fsp3) is 0.500. The Labute approximate surface area is 135 Å². The first-order chi connectivity index (χ1) is 10.7. The smallest absolute Gasteiger partial charge is 0.307 e. The lowest BCUT2D eigenvalue weighted by atomic mass is 9.67. The molecule has 124 valence electrons. The maximum Gasteiger partial charge on any atom is 0.307 e. The Bertz CT molecular complexity index is 689. The Morgan fingerprint density at radius 3 is 2.74 bits per heavy atom. The van der Waals surface area contributed by atoms with Gasteiger partial charge in [0.1, 0.15) is 17.1 Å². The maximum atomic E-state index is 10.9. The van der Waals surface area contributed by atoms with Crippen molar-refractivity contribution >= 4 is 5.97 Å². The normalized spacial score (nSPS) is 28.2. The molecule has 2 unspecified atom stereocenters. The lowest BCUT2D eigenvalue weighted by Crippen LogP contribution is -2.47. The van der Waals surface area contributed by atoms with Crippen LogP contribution in [0.2, 0.25) is 0 Å². The summed E-state index contributed by atoms with van der Waals surface area (Å²) in [5.41, 5.74) is 1.59. The lowest BCUT2D eigenvalue weighted by molar-refractivity contribution is -0.136. The van der Waals surface area contributed by atoms with E-state index < -0.39 is 17.7 Å². The first kappa shape index (κ1) is 15.9. The summed E-state index contributed by atoms with van der Waals surface area (Å²) in [6, 6.07) is 3.20. The second-order valence-corrected chi connectivity index (χ2v) is 7.10. The molecule has 0 spiro atoms. The van der Waals surface area contributed by atoms with Crippen LogP contribution in [-0.4, -0.2) is 33.0 Å². The highest BCUT2D eigenvalue weighted by atomic mass is 16.5. The van der Waals surface area contributed by atoms with Gasteiger partial charge in [-0.3, -0.25) is 4.79 Å². The molecule has 5 nitrogen and oxygen atoms in total. The van der Waals surface area contributed by atoms with E-state index in [4.69, 9.17) is 9.84 Å². The van der Waals surface area contributed by atoms with Crippen LogP contribution in [0, 0.1) is 5.92 Å². The largest absolute Gasteiger partial charge is 0.507 e. The fourth-order valence-electron chi connectivity index (χ4n) is 3.81. The molecule has 0 radical (unpaired) electrons. The molecule has 3 N–H and O–H groups in total. The summed E-state index contributed by atoms with van der Waals surface area (Å²) < 4.78 is 6.08. The summed E-state index contributed by atoms with van der Waals surface area (Å²) in [5, 5.41) is 29.6. The highest BCUT2D eigenvalue weighted by molar-refractivity contribution is 5.71. The molecule has 0 saturated carbocycles. The number of allylic oxidation sites excluding steroid dienone is 1. The van der Waals surface area contributed by atoms with E-state index in [1.807, 2.05) is 26.8 Å². The first-order valence-electron chi connectivity index (χ1n) is 7.82.